The van der Waals surface area contributed by atoms with Gasteiger partial charge in [0.1, 0.15) is 11.6 Å². The zero-order chi connectivity index (χ0) is 25.9. The van der Waals surface area contributed by atoms with Crippen LogP contribution in [0.15, 0.2) is 36.4 Å². The average Bonchev–Trinajstić information content (AvgIpc) is 3.30. The first-order valence-electron chi connectivity index (χ1n) is 11.8. The van der Waals surface area contributed by atoms with Crippen LogP contribution in [-0.2, 0) is 25.4 Å². The molecule has 1 aliphatic rings. The van der Waals surface area contributed by atoms with Gasteiger partial charge in [-0.1, -0.05) is 36.5 Å². The van der Waals surface area contributed by atoms with Crippen LogP contribution in [0.25, 0.3) is 0 Å². The number of fused-ring (bicyclic) bond motifs is 1. The number of aromatic nitrogens is 2. The van der Waals surface area contributed by atoms with Gasteiger partial charge in [-0.05, 0) is 66.5 Å². The number of benzene rings is 2. The van der Waals surface area contributed by atoms with Crippen molar-refractivity contribution in [3.63, 3.8) is 0 Å². The maximum atomic E-state index is 13.8. The Hall–Kier alpha value is -2.63. The first-order chi connectivity index (χ1) is 17.1. The van der Waals surface area contributed by atoms with Gasteiger partial charge in [0.05, 0.1) is 12.1 Å². The molecule has 0 amide bonds. The van der Waals surface area contributed by atoms with E-state index in [1.54, 1.807) is 0 Å². The fourth-order valence-corrected chi connectivity index (χ4v) is 5.18. The third kappa shape index (κ3) is 6.57. The Balaban J connectivity index is 1.51. The first kappa shape index (κ1) is 26.4. The highest BCUT2D eigenvalue weighted by Gasteiger charge is 2.36. The summed E-state index contributed by atoms with van der Waals surface area (Å²) in [6.07, 6.45) is -2.04. The molecule has 0 aliphatic heterocycles. The molecule has 3 atom stereocenters. The first-order valence-corrected chi connectivity index (χ1v) is 12.6. The van der Waals surface area contributed by atoms with Gasteiger partial charge in [0, 0.05) is 18.7 Å². The van der Waals surface area contributed by atoms with Crippen LogP contribution in [-0.4, -0.2) is 34.0 Å². The van der Waals surface area contributed by atoms with E-state index in [0.717, 1.165) is 43.9 Å². The van der Waals surface area contributed by atoms with Crippen LogP contribution in [0.3, 0.4) is 0 Å². The highest BCUT2D eigenvalue weighted by Crippen LogP contribution is 2.34. The van der Waals surface area contributed by atoms with E-state index < -0.39 is 35.0 Å². The minimum absolute atomic E-state index is 0.0144. The Morgan fingerprint density at radius 3 is 2.50 bits per heavy atom. The van der Waals surface area contributed by atoms with Crippen LogP contribution < -0.4 is 10.6 Å². The predicted octanol–water partition coefficient (Wildman–Crippen LogP) is 5.45. The summed E-state index contributed by atoms with van der Waals surface area (Å²) >= 11 is 0.305. The van der Waals surface area contributed by atoms with Gasteiger partial charge in [-0.2, -0.15) is 13.2 Å². The van der Waals surface area contributed by atoms with E-state index in [2.05, 4.69) is 46.0 Å². The zero-order valence-electron chi connectivity index (χ0n) is 19.6. The number of halogens is 5. The molecule has 0 spiro atoms. The molecule has 2 aromatic carbocycles. The van der Waals surface area contributed by atoms with Crippen molar-refractivity contribution in [3.05, 3.63) is 75.3 Å². The number of nitrogens with zero attached hydrogens (tertiary/aromatic N) is 2. The molecule has 1 heterocycles. The van der Waals surface area contributed by atoms with Gasteiger partial charge in [0.2, 0.25) is 10.1 Å². The molecular formula is C25H27F5N4OS. The minimum atomic E-state index is -4.65. The second-order valence-electron chi connectivity index (χ2n) is 8.95. The highest BCUT2D eigenvalue weighted by atomic mass is 32.1. The summed E-state index contributed by atoms with van der Waals surface area (Å²) in [5.41, 5.74) is 3.90. The van der Waals surface area contributed by atoms with Crippen molar-refractivity contribution in [1.82, 2.24) is 15.5 Å². The van der Waals surface area contributed by atoms with Gasteiger partial charge in [-0.25, -0.2) is 8.78 Å². The molecular weight excluding hydrogens is 499 g/mol. The van der Waals surface area contributed by atoms with Gasteiger partial charge >= 0.3 is 6.18 Å². The van der Waals surface area contributed by atoms with Crippen molar-refractivity contribution in [3.8, 4) is 0 Å². The quantitative estimate of drug-likeness (QED) is 0.324. The molecule has 0 fully saturated rings. The molecule has 5 nitrogen and oxygen atoms in total. The number of hydrogen-bond donors (Lipinski definition) is 3. The van der Waals surface area contributed by atoms with Crippen molar-refractivity contribution in [1.29, 1.82) is 0 Å². The molecule has 0 radical (unpaired) electrons. The number of rotatable bonds is 9. The number of nitrogens with one attached hydrogen (secondary N) is 2. The summed E-state index contributed by atoms with van der Waals surface area (Å²) in [6, 6.07) is 8.55. The molecule has 1 aliphatic carbocycles. The lowest BCUT2D eigenvalue weighted by Gasteiger charge is -2.30. The zero-order valence-corrected chi connectivity index (χ0v) is 20.4. The standard InChI is InChI=1S/C25H27F5N4OS/c1-2-14-6-7-16-4-3-5-20(19(16)10-14)31-13-22(35)21(11-15-8-17(26)12-18(27)9-15)32-24-34-33-23(36-24)25(28,29)30/h6-10,12,20-22,31,35H,2-5,11,13H2,1H3,(H,32,34). The van der Waals surface area contributed by atoms with E-state index >= 15 is 0 Å². The smallest absolute Gasteiger partial charge is 0.390 e. The Bertz CT molecular complexity index is 1170. The van der Waals surface area contributed by atoms with E-state index in [0.29, 0.717) is 11.3 Å². The Labute approximate surface area is 209 Å². The molecule has 0 saturated heterocycles. The number of alkyl halides is 3. The second kappa shape index (κ2) is 11.2. The summed E-state index contributed by atoms with van der Waals surface area (Å²) in [5, 5.41) is 22.6. The number of aliphatic hydroxyl groups excluding tert-OH is 1. The highest BCUT2D eigenvalue weighted by molar-refractivity contribution is 7.15. The maximum absolute atomic E-state index is 13.8. The largest absolute Gasteiger partial charge is 0.445 e. The lowest BCUT2D eigenvalue weighted by atomic mass is 9.86. The summed E-state index contributed by atoms with van der Waals surface area (Å²) in [6.45, 7) is 2.20. The van der Waals surface area contributed by atoms with Crippen molar-refractivity contribution in [2.75, 3.05) is 11.9 Å². The van der Waals surface area contributed by atoms with E-state index in [4.69, 9.17) is 0 Å². The van der Waals surface area contributed by atoms with Crippen molar-refractivity contribution >= 4 is 16.5 Å². The van der Waals surface area contributed by atoms with E-state index in [9.17, 15) is 27.1 Å². The SMILES string of the molecule is CCc1ccc2c(c1)C(NCC(O)C(Cc1cc(F)cc(F)c1)Nc1nnc(C(F)(F)F)s1)CCC2. The molecule has 0 saturated carbocycles. The fraction of sp³-hybridized carbons (Fsp3) is 0.440. The van der Waals surface area contributed by atoms with Crippen LogP contribution >= 0.6 is 11.3 Å². The van der Waals surface area contributed by atoms with Gasteiger partial charge in [0.25, 0.3) is 0 Å². The summed E-state index contributed by atoms with van der Waals surface area (Å²) in [4.78, 5) is 0. The van der Waals surface area contributed by atoms with E-state index in [-0.39, 0.29) is 29.7 Å². The number of aryl methyl sites for hydroxylation is 2. The number of hydrogen-bond acceptors (Lipinski definition) is 6. The molecule has 3 aromatic rings. The molecule has 3 unspecified atom stereocenters. The van der Waals surface area contributed by atoms with E-state index in [1.807, 2.05) is 0 Å². The van der Waals surface area contributed by atoms with Crippen LogP contribution in [0.1, 0.15) is 53.1 Å². The summed E-state index contributed by atoms with van der Waals surface area (Å²) in [5.74, 6) is -1.56. The third-order valence-corrected chi connectivity index (χ3v) is 7.22. The third-order valence-electron chi connectivity index (χ3n) is 6.33. The minimum Gasteiger partial charge on any atom is -0.390 e. The van der Waals surface area contributed by atoms with Crippen LogP contribution in [0.4, 0.5) is 27.1 Å². The molecule has 4 rings (SSSR count). The van der Waals surface area contributed by atoms with Gasteiger partial charge in [-0.3, -0.25) is 0 Å². The molecule has 36 heavy (non-hydrogen) atoms. The summed E-state index contributed by atoms with van der Waals surface area (Å²) < 4.78 is 66.4. The molecule has 194 valence electrons. The monoisotopic (exact) mass is 526 g/mol. The molecule has 3 N–H and O–H groups in total. The Kier molecular flexibility index (Phi) is 8.21. The van der Waals surface area contributed by atoms with Gasteiger partial charge in [0.15, 0.2) is 0 Å². The Morgan fingerprint density at radius 2 is 1.83 bits per heavy atom. The average molecular weight is 527 g/mol. The molecule has 1 aromatic heterocycles. The predicted molar refractivity (Wildman–Crippen MR) is 128 cm³/mol. The number of anilines is 1. The lowest BCUT2D eigenvalue weighted by molar-refractivity contribution is -0.138. The topological polar surface area (TPSA) is 70.1 Å². The van der Waals surface area contributed by atoms with E-state index in [1.165, 1.54) is 16.7 Å². The van der Waals surface area contributed by atoms with Crippen LogP contribution in [0.2, 0.25) is 0 Å². The lowest BCUT2D eigenvalue weighted by Crippen LogP contribution is -2.43. The molecule has 0 bridgehead atoms. The van der Waals surface area contributed by atoms with Crippen LogP contribution in [0.5, 0.6) is 0 Å². The van der Waals surface area contributed by atoms with Crippen LogP contribution in [0, 0.1) is 11.6 Å². The van der Waals surface area contributed by atoms with Crippen molar-refractivity contribution < 1.29 is 27.1 Å². The normalized spacial score (nSPS) is 17.5. The second-order valence-corrected chi connectivity index (χ2v) is 9.93. The van der Waals surface area contributed by atoms with Crippen molar-refractivity contribution in [2.24, 2.45) is 0 Å². The number of aliphatic hydroxyl groups is 1. The van der Waals surface area contributed by atoms with Gasteiger partial charge in [-0.15, -0.1) is 10.2 Å². The Morgan fingerprint density at radius 1 is 1.08 bits per heavy atom. The molecule has 11 heteroatoms. The maximum Gasteiger partial charge on any atom is 0.445 e. The summed E-state index contributed by atoms with van der Waals surface area (Å²) in [7, 11) is 0. The fourth-order valence-electron chi connectivity index (χ4n) is 4.51. The van der Waals surface area contributed by atoms with Crippen molar-refractivity contribution in [2.45, 2.75) is 63.4 Å². The van der Waals surface area contributed by atoms with Gasteiger partial charge < -0.3 is 15.7 Å².